The molecule has 1 rings (SSSR count). The van der Waals surface area contributed by atoms with Crippen molar-refractivity contribution in [1.29, 1.82) is 0 Å². The van der Waals surface area contributed by atoms with Gasteiger partial charge in [-0.2, -0.15) is 0 Å². The van der Waals surface area contributed by atoms with Crippen LogP contribution in [0.2, 0.25) is 0 Å². The van der Waals surface area contributed by atoms with E-state index in [0.29, 0.717) is 24.9 Å². The van der Waals surface area contributed by atoms with Crippen molar-refractivity contribution in [3.05, 3.63) is 29.3 Å². The number of phenolic OH excluding ortho intramolecular Hbond substituents is 1. The second kappa shape index (κ2) is 8.26. The van der Waals surface area contributed by atoms with Gasteiger partial charge in [0, 0.05) is 12.1 Å². The van der Waals surface area contributed by atoms with Crippen LogP contribution < -0.4 is 11.1 Å². The van der Waals surface area contributed by atoms with Crippen LogP contribution in [0.1, 0.15) is 46.4 Å². The number of rotatable bonds is 8. The van der Waals surface area contributed by atoms with E-state index in [1.165, 1.54) is 18.2 Å². The van der Waals surface area contributed by atoms with E-state index in [0.717, 1.165) is 25.7 Å². The largest absolute Gasteiger partial charge is 0.507 e. The Balaban J connectivity index is 2.39. The molecule has 0 saturated carbocycles. The second-order valence-electron chi connectivity index (χ2n) is 4.35. The number of phenols is 1. The molecule has 0 aliphatic rings. The van der Waals surface area contributed by atoms with Gasteiger partial charge in [0.1, 0.15) is 5.75 Å². The Hall–Kier alpha value is -1.88. The Morgan fingerprint density at radius 1 is 1.26 bits per heavy atom. The minimum Gasteiger partial charge on any atom is -0.507 e. The molecule has 5 nitrogen and oxygen atoms in total. The van der Waals surface area contributed by atoms with E-state index in [9.17, 15) is 14.7 Å². The van der Waals surface area contributed by atoms with Gasteiger partial charge in [0.25, 0.3) is 5.91 Å². The number of benzene rings is 1. The molecule has 0 radical (unpaired) electrons. The van der Waals surface area contributed by atoms with E-state index in [-0.39, 0.29) is 17.2 Å². The summed E-state index contributed by atoms with van der Waals surface area (Å²) in [4.78, 5) is 22.4. The second-order valence-corrected chi connectivity index (χ2v) is 4.35. The monoisotopic (exact) mass is 264 g/mol. The molecular formula is C14H20N2O3. The van der Waals surface area contributed by atoms with Gasteiger partial charge in [-0.15, -0.1) is 0 Å². The van der Waals surface area contributed by atoms with Crippen LogP contribution in [0.5, 0.6) is 5.75 Å². The number of hydrogen-bond acceptors (Lipinski definition) is 4. The molecule has 4 N–H and O–H groups in total. The number of nitrogens with two attached hydrogens (primary N) is 1. The van der Waals surface area contributed by atoms with E-state index in [1.807, 2.05) is 0 Å². The lowest BCUT2D eigenvalue weighted by atomic mass is 10.1. The zero-order chi connectivity index (χ0) is 14.1. The maximum absolute atomic E-state index is 11.8. The third-order valence-corrected chi connectivity index (χ3v) is 2.83. The van der Waals surface area contributed by atoms with Gasteiger partial charge >= 0.3 is 0 Å². The van der Waals surface area contributed by atoms with Gasteiger partial charge in [-0.3, -0.25) is 9.59 Å². The highest BCUT2D eigenvalue weighted by Crippen LogP contribution is 2.16. The predicted molar refractivity (Wildman–Crippen MR) is 73.3 cm³/mol. The summed E-state index contributed by atoms with van der Waals surface area (Å²) in [6, 6.07) is 4.22. The zero-order valence-corrected chi connectivity index (χ0v) is 10.9. The molecule has 5 heteroatoms. The summed E-state index contributed by atoms with van der Waals surface area (Å²) in [7, 11) is 0. The number of unbranched alkanes of at least 4 members (excludes halogenated alkanes) is 3. The number of nitrogens with one attached hydrogen (secondary N) is 1. The Morgan fingerprint density at radius 3 is 2.68 bits per heavy atom. The molecule has 104 valence electrons. The molecule has 0 atom stereocenters. The van der Waals surface area contributed by atoms with Crippen LogP contribution in [0.25, 0.3) is 0 Å². The fraction of sp³-hybridized carbons (Fsp3) is 0.429. The first-order valence-electron chi connectivity index (χ1n) is 6.45. The molecular weight excluding hydrogens is 244 g/mol. The quantitative estimate of drug-likeness (QED) is 0.489. The zero-order valence-electron chi connectivity index (χ0n) is 10.9. The van der Waals surface area contributed by atoms with Crippen molar-refractivity contribution in [3.63, 3.8) is 0 Å². The summed E-state index contributed by atoms with van der Waals surface area (Å²) >= 11 is 0. The van der Waals surface area contributed by atoms with Crippen molar-refractivity contribution < 1.29 is 14.7 Å². The first kappa shape index (κ1) is 15.2. The lowest BCUT2D eigenvalue weighted by Gasteiger charge is -2.06. The number of aromatic hydroxyl groups is 1. The molecule has 0 bridgehead atoms. The molecule has 0 heterocycles. The van der Waals surface area contributed by atoms with Crippen LogP contribution in [0.15, 0.2) is 18.2 Å². The van der Waals surface area contributed by atoms with Crippen LogP contribution in [0.3, 0.4) is 0 Å². The summed E-state index contributed by atoms with van der Waals surface area (Å²) < 4.78 is 0. The molecule has 1 amide bonds. The third-order valence-electron chi connectivity index (χ3n) is 2.83. The maximum atomic E-state index is 11.8. The highest BCUT2D eigenvalue weighted by molar-refractivity contribution is 5.96. The molecule has 0 spiro atoms. The van der Waals surface area contributed by atoms with Crippen LogP contribution in [-0.2, 0) is 0 Å². The highest BCUT2D eigenvalue weighted by Gasteiger charge is 2.08. The Labute approximate surface area is 112 Å². The lowest BCUT2D eigenvalue weighted by molar-refractivity contribution is 0.0953. The summed E-state index contributed by atoms with van der Waals surface area (Å²) in [5, 5.41) is 12.1. The van der Waals surface area contributed by atoms with Gasteiger partial charge in [-0.05, 0) is 37.6 Å². The summed E-state index contributed by atoms with van der Waals surface area (Å²) in [5.74, 6) is -0.352. The molecule has 0 aliphatic heterocycles. The van der Waals surface area contributed by atoms with Crippen LogP contribution in [-0.4, -0.2) is 30.4 Å². The fourth-order valence-electron chi connectivity index (χ4n) is 1.72. The number of hydrogen-bond donors (Lipinski definition) is 3. The first-order valence-corrected chi connectivity index (χ1v) is 6.45. The molecule has 0 aliphatic carbocycles. The van der Waals surface area contributed by atoms with E-state index in [4.69, 9.17) is 5.73 Å². The average molecular weight is 264 g/mol. The summed E-state index contributed by atoms with van der Waals surface area (Å²) in [6.07, 6.45) is 4.55. The van der Waals surface area contributed by atoms with Gasteiger partial charge in [-0.1, -0.05) is 12.8 Å². The number of carbonyl (C=O) groups is 2. The third kappa shape index (κ3) is 5.09. The SMILES string of the molecule is NCCCCCCNC(=O)c1ccc(O)c(C=O)c1. The Kier molecular flexibility index (Phi) is 6.60. The van der Waals surface area contributed by atoms with Crippen LogP contribution >= 0.6 is 0 Å². The van der Waals surface area contributed by atoms with Gasteiger partial charge in [0.15, 0.2) is 6.29 Å². The van der Waals surface area contributed by atoms with Crippen molar-refractivity contribution in [3.8, 4) is 5.75 Å². The standard InChI is InChI=1S/C14H20N2O3/c15-7-3-1-2-4-8-16-14(19)11-5-6-13(18)12(9-11)10-17/h5-6,9-10,18H,1-4,7-8,15H2,(H,16,19). The van der Waals surface area contributed by atoms with Gasteiger partial charge in [0.05, 0.1) is 5.56 Å². The van der Waals surface area contributed by atoms with Crippen molar-refractivity contribution in [2.24, 2.45) is 5.73 Å². The normalized spacial score (nSPS) is 10.2. The lowest BCUT2D eigenvalue weighted by Crippen LogP contribution is -2.24. The van der Waals surface area contributed by atoms with Crippen molar-refractivity contribution in [2.75, 3.05) is 13.1 Å². The highest BCUT2D eigenvalue weighted by atomic mass is 16.3. The minimum absolute atomic E-state index is 0.117. The van der Waals surface area contributed by atoms with E-state index >= 15 is 0 Å². The topological polar surface area (TPSA) is 92.4 Å². The Morgan fingerprint density at radius 2 is 2.00 bits per heavy atom. The summed E-state index contributed by atoms with van der Waals surface area (Å²) in [5.41, 5.74) is 5.89. The number of amides is 1. The van der Waals surface area contributed by atoms with E-state index in [1.54, 1.807) is 0 Å². The predicted octanol–water partition coefficient (Wildman–Crippen LogP) is 1.45. The smallest absolute Gasteiger partial charge is 0.251 e. The van der Waals surface area contributed by atoms with Crippen LogP contribution in [0.4, 0.5) is 0 Å². The minimum atomic E-state index is -0.234. The van der Waals surface area contributed by atoms with E-state index in [2.05, 4.69) is 5.32 Å². The Bertz CT molecular complexity index is 433. The summed E-state index contributed by atoms with van der Waals surface area (Å²) in [6.45, 7) is 1.30. The van der Waals surface area contributed by atoms with Crippen LogP contribution in [0, 0.1) is 0 Å². The molecule has 0 aromatic heterocycles. The van der Waals surface area contributed by atoms with Crippen molar-refractivity contribution in [2.45, 2.75) is 25.7 Å². The molecule has 0 unspecified atom stereocenters. The van der Waals surface area contributed by atoms with Gasteiger partial charge in [0.2, 0.25) is 0 Å². The fourth-order valence-corrected chi connectivity index (χ4v) is 1.72. The molecule has 19 heavy (non-hydrogen) atoms. The molecule has 1 aromatic rings. The molecule has 0 saturated heterocycles. The van der Waals surface area contributed by atoms with Gasteiger partial charge in [-0.25, -0.2) is 0 Å². The molecule has 0 fully saturated rings. The average Bonchev–Trinajstić information content (AvgIpc) is 2.43. The van der Waals surface area contributed by atoms with E-state index < -0.39 is 0 Å². The maximum Gasteiger partial charge on any atom is 0.251 e. The van der Waals surface area contributed by atoms with Crippen molar-refractivity contribution in [1.82, 2.24) is 5.32 Å². The van der Waals surface area contributed by atoms with Crippen molar-refractivity contribution >= 4 is 12.2 Å². The number of carbonyl (C=O) groups excluding carboxylic acids is 2. The molecule has 1 aromatic carbocycles. The van der Waals surface area contributed by atoms with Gasteiger partial charge < -0.3 is 16.2 Å². The first-order chi connectivity index (χ1) is 9.19. The number of aldehydes is 1.